The minimum absolute atomic E-state index is 0.378. The van der Waals surface area contributed by atoms with E-state index in [4.69, 9.17) is 5.11 Å². The van der Waals surface area contributed by atoms with Crippen molar-refractivity contribution in [1.29, 1.82) is 0 Å². The predicted octanol–water partition coefficient (Wildman–Crippen LogP) is 0.995. The molecule has 0 radical (unpaired) electrons. The monoisotopic (exact) mass is 318 g/mol. The van der Waals surface area contributed by atoms with Crippen LogP contribution in [0.4, 0.5) is 10.1 Å². The Balaban J connectivity index is 3.39. The lowest BCUT2D eigenvalue weighted by atomic mass is 10.3. The van der Waals surface area contributed by atoms with Gasteiger partial charge in [0.2, 0.25) is 10.0 Å². The SMILES string of the molecule is C=CCN(CC(=O)O)S(=O)(=O)c1cc([N+](=O)[O-])ccc1F. The molecule has 10 heteroatoms. The summed E-state index contributed by atoms with van der Waals surface area (Å²) >= 11 is 0. The van der Waals surface area contributed by atoms with Gasteiger partial charge in [-0.3, -0.25) is 14.9 Å². The normalized spacial score (nSPS) is 11.3. The van der Waals surface area contributed by atoms with Gasteiger partial charge in [-0.1, -0.05) is 6.08 Å². The summed E-state index contributed by atoms with van der Waals surface area (Å²) in [6.45, 7) is 1.98. The molecule has 0 spiro atoms. The fourth-order valence-electron chi connectivity index (χ4n) is 1.48. The molecule has 0 heterocycles. The zero-order valence-electron chi connectivity index (χ0n) is 10.6. The zero-order valence-corrected chi connectivity index (χ0v) is 11.4. The molecular weight excluding hydrogens is 307 g/mol. The molecule has 0 aromatic heterocycles. The number of nitrogens with zero attached hydrogens (tertiary/aromatic N) is 2. The molecule has 0 aliphatic rings. The Morgan fingerprint density at radius 2 is 2.14 bits per heavy atom. The lowest BCUT2D eigenvalue weighted by Gasteiger charge is -2.18. The number of sulfonamides is 1. The van der Waals surface area contributed by atoms with Gasteiger partial charge in [0.05, 0.1) is 4.92 Å². The molecule has 1 N–H and O–H groups in total. The summed E-state index contributed by atoms with van der Waals surface area (Å²) in [5.41, 5.74) is -0.621. The van der Waals surface area contributed by atoms with Gasteiger partial charge in [-0.2, -0.15) is 4.31 Å². The van der Waals surface area contributed by atoms with Crippen LogP contribution >= 0.6 is 0 Å². The zero-order chi connectivity index (χ0) is 16.2. The highest BCUT2D eigenvalue weighted by atomic mass is 32.2. The number of nitro benzene ring substituents is 1. The number of hydrogen-bond donors (Lipinski definition) is 1. The number of carboxylic acids is 1. The van der Waals surface area contributed by atoms with E-state index >= 15 is 0 Å². The van der Waals surface area contributed by atoms with Crippen molar-refractivity contribution in [2.75, 3.05) is 13.1 Å². The van der Waals surface area contributed by atoms with E-state index in [1.165, 1.54) is 0 Å². The molecule has 1 rings (SSSR count). The molecule has 8 nitrogen and oxygen atoms in total. The topological polar surface area (TPSA) is 118 Å². The van der Waals surface area contributed by atoms with Gasteiger partial charge in [-0.15, -0.1) is 6.58 Å². The number of non-ortho nitro benzene ring substituents is 1. The number of nitro groups is 1. The van der Waals surface area contributed by atoms with Crippen LogP contribution in [-0.4, -0.2) is 41.8 Å². The van der Waals surface area contributed by atoms with E-state index in [1.807, 2.05) is 0 Å². The fourth-order valence-corrected chi connectivity index (χ4v) is 2.93. The molecular formula is C11H11FN2O6S. The van der Waals surface area contributed by atoms with Crippen molar-refractivity contribution in [2.24, 2.45) is 0 Å². The largest absolute Gasteiger partial charge is 0.480 e. The number of rotatable bonds is 7. The van der Waals surface area contributed by atoms with Gasteiger partial charge in [-0.25, -0.2) is 12.8 Å². The van der Waals surface area contributed by atoms with Crippen LogP contribution in [0.2, 0.25) is 0 Å². The number of carboxylic acid groups (broad SMARTS) is 1. The van der Waals surface area contributed by atoms with Gasteiger partial charge in [0.25, 0.3) is 5.69 Å². The molecule has 0 saturated heterocycles. The van der Waals surface area contributed by atoms with Crippen LogP contribution in [0.3, 0.4) is 0 Å². The van der Waals surface area contributed by atoms with Gasteiger partial charge >= 0.3 is 5.97 Å². The number of carbonyl (C=O) groups is 1. The molecule has 0 aliphatic heterocycles. The summed E-state index contributed by atoms with van der Waals surface area (Å²) in [5.74, 6) is -2.66. The molecule has 0 bridgehead atoms. The van der Waals surface area contributed by atoms with E-state index < -0.39 is 43.9 Å². The number of aliphatic carboxylic acids is 1. The summed E-state index contributed by atoms with van der Waals surface area (Å²) in [7, 11) is -4.54. The second-order valence-electron chi connectivity index (χ2n) is 3.85. The van der Waals surface area contributed by atoms with Crippen LogP contribution in [0.1, 0.15) is 0 Å². The Bertz CT molecular complexity index is 688. The maximum atomic E-state index is 13.7. The Kier molecular flexibility index (Phi) is 5.11. The number of halogens is 1. The van der Waals surface area contributed by atoms with Gasteiger partial charge in [0.1, 0.15) is 17.3 Å². The number of benzene rings is 1. The highest BCUT2D eigenvalue weighted by molar-refractivity contribution is 7.89. The Morgan fingerprint density at radius 1 is 1.52 bits per heavy atom. The van der Waals surface area contributed by atoms with Gasteiger partial charge < -0.3 is 5.11 Å². The van der Waals surface area contributed by atoms with E-state index in [9.17, 15) is 27.7 Å². The Morgan fingerprint density at radius 3 is 2.62 bits per heavy atom. The molecule has 0 fully saturated rings. The molecule has 21 heavy (non-hydrogen) atoms. The standard InChI is InChI=1S/C11H11FN2O6S/c1-2-5-13(7-11(15)16)21(19,20)10-6-8(14(17)18)3-4-9(10)12/h2-4,6H,1,5,7H2,(H,15,16). The fraction of sp³-hybridized carbons (Fsp3) is 0.182. The summed E-state index contributed by atoms with van der Waals surface area (Å²) in [5, 5.41) is 19.3. The van der Waals surface area contributed by atoms with Gasteiger partial charge in [0, 0.05) is 18.7 Å². The average molecular weight is 318 g/mol. The quantitative estimate of drug-likeness (QED) is 0.455. The maximum Gasteiger partial charge on any atom is 0.318 e. The van der Waals surface area contributed by atoms with Crippen molar-refractivity contribution in [3.63, 3.8) is 0 Å². The molecule has 0 amide bonds. The summed E-state index contributed by atoms with van der Waals surface area (Å²) in [6.07, 6.45) is 1.12. The predicted molar refractivity (Wildman–Crippen MR) is 69.6 cm³/mol. The molecule has 0 aliphatic carbocycles. The smallest absolute Gasteiger partial charge is 0.318 e. The van der Waals surface area contributed by atoms with E-state index in [-0.39, 0.29) is 6.54 Å². The molecule has 0 unspecified atom stereocenters. The van der Waals surface area contributed by atoms with E-state index in [2.05, 4.69) is 6.58 Å². The van der Waals surface area contributed by atoms with Crippen LogP contribution < -0.4 is 0 Å². The first-order valence-corrected chi connectivity index (χ1v) is 6.91. The third-order valence-electron chi connectivity index (χ3n) is 2.39. The molecule has 0 atom stereocenters. The van der Waals surface area contributed by atoms with Crippen LogP contribution in [-0.2, 0) is 14.8 Å². The summed E-state index contributed by atoms with van der Waals surface area (Å²) < 4.78 is 38.5. The third-order valence-corrected chi connectivity index (χ3v) is 4.21. The first kappa shape index (κ1) is 16.7. The van der Waals surface area contributed by atoms with Crippen LogP contribution in [0.25, 0.3) is 0 Å². The highest BCUT2D eigenvalue weighted by Gasteiger charge is 2.30. The molecule has 114 valence electrons. The second-order valence-corrected chi connectivity index (χ2v) is 5.76. The minimum Gasteiger partial charge on any atom is -0.480 e. The minimum atomic E-state index is -4.54. The molecule has 0 saturated carbocycles. The lowest BCUT2D eigenvalue weighted by molar-refractivity contribution is -0.385. The van der Waals surface area contributed by atoms with Crippen molar-refractivity contribution in [3.8, 4) is 0 Å². The Hall–Kier alpha value is -2.33. The van der Waals surface area contributed by atoms with Crippen LogP contribution in [0.5, 0.6) is 0 Å². The molecule has 1 aromatic rings. The summed E-state index contributed by atoms with van der Waals surface area (Å²) in [4.78, 5) is 19.5. The van der Waals surface area contributed by atoms with Crippen molar-refractivity contribution < 1.29 is 27.6 Å². The van der Waals surface area contributed by atoms with Crippen LogP contribution in [0, 0.1) is 15.9 Å². The van der Waals surface area contributed by atoms with E-state index in [1.54, 1.807) is 0 Å². The van der Waals surface area contributed by atoms with Crippen molar-refractivity contribution in [2.45, 2.75) is 4.90 Å². The van der Waals surface area contributed by atoms with Gasteiger partial charge in [0.15, 0.2) is 0 Å². The first-order valence-electron chi connectivity index (χ1n) is 5.47. The lowest BCUT2D eigenvalue weighted by Crippen LogP contribution is -2.36. The van der Waals surface area contributed by atoms with E-state index in [0.717, 1.165) is 12.1 Å². The maximum absolute atomic E-state index is 13.7. The number of hydrogen-bond acceptors (Lipinski definition) is 5. The van der Waals surface area contributed by atoms with Gasteiger partial charge in [-0.05, 0) is 6.07 Å². The van der Waals surface area contributed by atoms with Crippen molar-refractivity contribution in [1.82, 2.24) is 4.31 Å². The first-order chi connectivity index (χ1) is 9.70. The average Bonchev–Trinajstić information content (AvgIpc) is 2.37. The van der Waals surface area contributed by atoms with Crippen molar-refractivity contribution >= 4 is 21.7 Å². The van der Waals surface area contributed by atoms with E-state index in [0.29, 0.717) is 16.4 Å². The molecule has 1 aromatic carbocycles. The third kappa shape index (κ3) is 3.83. The Labute approximate surface area is 119 Å². The summed E-state index contributed by atoms with van der Waals surface area (Å²) in [6, 6.07) is 1.99. The second kappa shape index (κ2) is 6.41. The van der Waals surface area contributed by atoms with Crippen molar-refractivity contribution in [3.05, 3.63) is 46.8 Å². The highest BCUT2D eigenvalue weighted by Crippen LogP contribution is 2.24. The van der Waals surface area contributed by atoms with Crippen LogP contribution in [0.15, 0.2) is 35.7 Å².